The van der Waals surface area contributed by atoms with E-state index in [1.165, 1.54) is 94.8 Å². The van der Waals surface area contributed by atoms with Gasteiger partial charge in [0.25, 0.3) is 0 Å². The smallest absolute Gasteiger partial charge is 0.194 e. The lowest BCUT2D eigenvalue weighted by molar-refractivity contribution is 0.369. The van der Waals surface area contributed by atoms with Crippen molar-refractivity contribution >= 4 is 17.7 Å². The lowest BCUT2D eigenvalue weighted by Crippen LogP contribution is -2.50. The Balaban J connectivity index is 1.64. The van der Waals surface area contributed by atoms with Gasteiger partial charge in [-0.3, -0.25) is 0 Å². The fourth-order valence-electron chi connectivity index (χ4n) is 3.80. The maximum Gasteiger partial charge on any atom is 0.194 e. The molecule has 1 saturated heterocycles. The van der Waals surface area contributed by atoms with E-state index in [0.717, 1.165) is 0 Å². The van der Waals surface area contributed by atoms with Gasteiger partial charge in [-0.05, 0) is 25.7 Å². The lowest BCUT2D eigenvalue weighted by atomic mass is 9.95. The van der Waals surface area contributed by atoms with Gasteiger partial charge in [-0.1, -0.05) is 38.5 Å². The van der Waals surface area contributed by atoms with Crippen LogP contribution in [0, 0.1) is 0 Å². The van der Waals surface area contributed by atoms with Crippen molar-refractivity contribution < 1.29 is 0 Å². The van der Waals surface area contributed by atoms with Crippen LogP contribution in [0.15, 0.2) is 4.99 Å². The molecule has 0 atom stereocenters. The topological polar surface area (TPSA) is 27.6 Å². The van der Waals surface area contributed by atoms with Gasteiger partial charge in [0, 0.05) is 30.6 Å². The fraction of sp³-hybridized carbons (Fsp3) is 0.941. The lowest BCUT2D eigenvalue weighted by Gasteiger charge is -2.34. The van der Waals surface area contributed by atoms with Crippen molar-refractivity contribution in [2.45, 2.75) is 76.3 Å². The predicted octanol–water partition coefficient (Wildman–Crippen LogP) is 3.65. The van der Waals surface area contributed by atoms with Gasteiger partial charge < -0.3 is 10.2 Å². The van der Waals surface area contributed by atoms with Gasteiger partial charge >= 0.3 is 0 Å². The molecule has 1 N–H and O–H groups in total. The molecule has 3 nitrogen and oxygen atoms in total. The summed E-state index contributed by atoms with van der Waals surface area (Å²) in [5.74, 6) is 3.76. The second-order valence-electron chi connectivity index (χ2n) is 6.82. The third kappa shape index (κ3) is 4.80. The number of thioether (sulfide) groups is 1. The van der Waals surface area contributed by atoms with Crippen LogP contribution in [0.3, 0.4) is 0 Å². The van der Waals surface area contributed by atoms with Gasteiger partial charge in [-0.25, -0.2) is 4.99 Å². The van der Waals surface area contributed by atoms with E-state index in [1.54, 1.807) is 0 Å². The van der Waals surface area contributed by atoms with Crippen LogP contribution in [0.1, 0.15) is 64.2 Å². The molecule has 0 radical (unpaired) electrons. The zero-order valence-electron chi connectivity index (χ0n) is 13.4. The summed E-state index contributed by atoms with van der Waals surface area (Å²) in [6.07, 6.45) is 13.7. The summed E-state index contributed by atoms with van der Waals surface area (Å²) in [5.41, 5.74) is 0. The van der Waals surface area contributed by atoms with E-state index in [0.29, 0.717) is 12.1 Å². The fourth-order valence-corrected chi connectivity index (χ4v) is 4.70. The predicted molar refractivity (Wildman–Crippen MR) is 93.2 cm³/mol. The highest BCUT2D eigenvalue weighted by atomic mass is 32.2. The average molecular weight is 310 g/mol. The minimum Gasteiger partial charge on any atom is -0.353 e. The van der Waals surface area contributed by atoms with Crippen molar-refractivity contribution in [3.05, 3.63) is 0 Å². The van der Waals surface area contributed by atoms with Gasteiger partial charge in [-0.2, -0.15) is 11.8 Å². The van der Waals surface area contributed by atoms with Crippen molar-refractivity contribution in [3.63, 3.8) is 0 Å². The third-order valence-corrected chi connectivity index (χ3v) is 6.07. The molecule has 0 bridgehead atoms. The number of hydrogen-bond acceptors (Lipinski definition) is 2. The molecule has 0 aromatic carbocycles. The maximum absolute atomic E-state index is 5.18. The number of guanidine groups is 1. The van der Waals surface area contributed by atoms with E-state index in [2.05, 4.69) is 22.0 Å². The molecular formula is C17H31N3S. The van der Waals surface area contributed by atoms with Crippen LogP contribution in [0.2, 0.25) is 0 Å². The normalized spacial score (nSPS) is 26.9. The number of rotatable bonds is 2. The van der Waals surface area contributed by atoms with Gasteiger partial charge in [-0.15, -0.1) is 0 Å². The first-order chi connectivity index (χ1) is 10.4. The molecule has 0 amide bonds. The van der Waals surface area contributed by atoms with E-state index >= 15 is 0 Å². The van der Waals surface area contributed by atoms with Crippen molar-refractivity contribution in [2.75, 3.05) is 24.6 Å². The summed E-state index contributed by atoms with van der Waals surface area (Å²) < 4.78 is 0. The molecule has 0 unspecified atom stereocenters. The largest absolute Gasteiger partial charge is 0.353 e. The molecule has 2 aliphatic carbocycles. The Morgan fingerprint density at radius 2 is 1.48 bits per heavy atom. The van der Waals surface area contributed by atoms with Crippen LogP contribution < -0.4 is 5.32 Å². The Morgan fingerprint density at radius 3 is 2.14 bits per heavy atom. The Hall–Kier alpha value is -0.380. The molecule has 3 fully saturated rings. The highest BCUT2D eigenvalue weighted by molar-refractivity contribution is 7.99. The minimum absolute atomic E-state index is 0.583. The summed E-state index contributed by atoms with van der Waals surface area (Å²) in [6, 6.07) is 1.26. The monoisotopic (exact) mass is 309 g/mol. The maximum atomic E-state index is 5.18. The van der Waals surface area contributed by atoms with Crippen LogP contribution >= 0.6 is 11.8 Å². The first kappa shape index (κ1) is 15.5. The average Bonchev–Trinajstić information content (AvgIpc) is 2.57. The van der Waals surface area contributed by atoms with Gasteiger partial charge in [0.15, 0.2) is 5.96 Å². The molecule has 3 rings (SSSR count). The van der Waals surface area contributed by atoms with Crippen LogP contribution in [-0.4, -0.2) is 47.5 Å². The quantitative estimate of drug-likeness (QED) is 0.623. The van der Waals surface area contributed by atoms with Crippen molar-refractivity contribution in [1.82, 2.24) is 10.2 Å². The summed E-state index contributed by atoms with van der Waals surface area (Å²) in [7, 11) is 0. The van der Waals surface area contributed by atoms with Crippen molar-refractivity contribution in [3.8, 4) is 0 Å². The third-order valence-electron chi connectivity index (χ3n) is 5.13. The number of nitrogens with zero attached hydrogens (tertiary/aromatic N) is 2. The molecule has 0 spiro atoms. The van der Waals surface area contributed by atoms with Crippen LogP contribution in [0.4, 0.5) is 0 Å². The van der Waals surface area contributed by atoms with Gasteiger partial charge in [0.1, 0.15) is 0 Å². The first-order valence-corrected chi connectivity index (χ1v) is 10.2. The van der Waals surface area contributed by atoms with Gasteiger partial charge in [0.05, 0.1) is 6.04 Å². The van der Waals surface area contributed by atoms with E-state index < -0.39 is 0 Å². The molecular weight excluding hydrogens is 278 g/mol. The SMILES string of the molecule is C1CCC(N=C(NC2CCCCC2)N2CCSCC2)CC1. The second-order valence-corrected chi connectivity index (χ2v) is 8.05. The number of aliphatic imine (C=N–C) groups is 1. The highest BCUT2D eigenvalue weighted by Crippen LogP contribution is 2.22. The summed E-state index contributed by atoms with van der Waals surface area (Å²) >= 11 is 2.08. The molecule has 120 valence electrons. The van der Waals surface area contributed by atoms with E-state index in [9.17, 15) is 0 Å². The van der Waals surface area contributed by atoms with Crippen LogP contribution in [0.5, 0.6) is 0 Å². The molecule has 1 aliphatic heterocycles. The Kier molecular flexibility index (Phi) is 6.13. The zero-order chi connectivity index (χ0) is 14.3. The molecule has 21 heavy (non-hydrogen) atoms. The minimum atomic E-state index is 0.583. The highest BCUT2D eigenvalue weighted by Gasteiger charge is 2.22. The summed E-state index contributed by atoms with van der Waals surface area (Å²) in [6.45, 7) is 2.35. The Labute approximate surface area is 134 Å². The molecule has 2 saturated carbocycles. The molecule has 3 aliphatic rings. The standard InChI is InChI=1S/C17H31N3S/c1-3-7-15(8-4-1)18-17(20-11-13-21-14-12-20)19-16-9-5-2-6-10-16/h15-16H,1-14H2,(H,18,19). The molecule has 0 aromatic rings. The molecule has 1 heterocycles. The van der Waals surface area contributed by atoms with Crippen molar-refractivity contribution in [2.24, 2.45) is 4.99 Å². The number of nitrogens with one attached hydrogen (secondary N) is 1. The van der Waals surface area contributed by atoms with Crippen LogP contribution in [0.25, 0.3) is 0 Å². The van der Waals surface area contributed by atoms with E-state index in [1.807, 2.05) is 0 Å². The zero-order valence-corrected chi connectivity index (χ0v) is 14.2. The van der Waals surface area contributed by atoms with E-state index in [-0.39, 0.29) is 0 Å². The van der Waals surface area contributed by atoms with Gasteiger partial charge in [0.2, 0.25) is 0 Å². The Bertz CT molecular complexity index is 327. The Morgan fingerprint density at radius 1 is 0.857 bits per heavy atom. The van der Waals surface area contributed by atoms with Crippen LogP contribution in [-0.2, 0) is 0 Å². The second kappa shape index (κ2) is 8.30. The first-order valence-electron chi connectivity index (χ1n) is 9.09. The summed E-state index contributed by atoms with van der Waals surface area (Å²) in [4.78, 5) is 7.70. The number of hydrogen-bond donors (Lipinski definition) is 1. The summed E-state index contributed by atoms with van der Waals surface area (Å²) in [5, 5.41) is 3.84. The molecule has 0 aromatic heterocycles. The van der Waals surface area contributed by atoms with Crippen molar-refractivity contribution in [1.29, 1.82) is 0 Å². The molecule has 4 heteroatoms. The van der Waals surface area contributed by atoms with E-state index in [4.69, 9.17) is 4.99 Å².